The van der Waals surface area contributed by atoms with Crippen LogP contribution in [0.1, 0.15) is 17.7 Å². The second-order valence-corrected chi connectivity index (χ2v) is 7.87. The summed E-state index contributed by atoms with van der Waals surface area (Å²) in [5, 5.41) is 18.7. The molecular weight excluding hydrogens is 356 g/mol. The van der Waals surface area contributed by atoms with Crippen LogP contribution in [0.15, 0.2) is 48.7 Å². The molecule has 3 heterocycles. The maximum absolute atomic E-state index is 9.15. The number of aromatic nitrogens is 2. The third kappa shape index (κ3) is 3.88. The molecule has 4 rings (SSSR count). The summed E-state index contributed by atoms with van der Waals surface area (Å²) in [6.07, 6.45) is 4.05. The summed E-state index contributed by atoms with van der Waals surface area (Å²) in [5.41, 5.74) is 6.66. The molecule has 0 saturated carbocycles. The van der Waals surface area contributed by atoms with Gasteiger partial charge in [-0.05, 0) is 57.2 Å². The standard InChI is InChI=1S/C20H22N6S/c1-25-11-9-15(10-12-25)24-26(16-5-3-2-4-6-16)18-14-22-23-20(18)19-8-7-17(13-21)27-19/h2-8,14-15,24H,9-12H2,1H3,(H,22,23). The van der Waals surface area contributed by atoms with Gasteiger partial charge in [0.25, 0.3) is 0 Å². The number of likely N-dealkylation sites (tertiary alicyclic amines) is 1. The molecule has 2 aromatic heterocycles. The zero-order valence-electron chi connectivity index (χ0n) is 15.2. The number of hydrazine groups is 1. The van der Waals surface area contributed by atoms with Crippen molar-refractivity contribution in [1.82, 2.24) is 20.5 Å². The van der Waals surface area contributed by atoms with Crippen molar-refractivity contribution in [3.8, 4) is 16.6 Å². The average molecular weight is 379 g/mol. The normalized spacial score (nSPS) is 15.6. The molecule has 6 nitrogen and oxygen atoms in total. The molecule has 1 aliphatic heterocycles. The van der Waals surface area contributed by atoms with Gasteiger partial charge in [-0.3, -0.25) is 10.1 Å². The summed E-state index contributed by atoms with van der Waals surface area (Å²) < 4.78 is 0. The third-order valence-electron chi connectivity index (χ3n) is 4.87. The van der Waals surface area contributed by atoms with Crippen LogP contribution < -0.4 is 10.4 Å². The Morgan fingerprint density at radius 2 is 2.00 bits per heavy atom. The van der Waals surface area contributed by atoms with Gasteiger partial charge >= 0.3 is 0 Å². The molecule has 0 unspecified atom stereocenters. The monoisotopic (exact) mass is 378 g/mol. The summed E-state index contributed by atoms with van der Waals surface area (Å²) >= 11 is 1.47. The first-order valence-corrected chi connectivity index (χ1v) is 9.90. The Morgan fingerprint density at radius 1 is 1.22 bits per heavy atom. The summed E-state index contributed by atoms with van der Waals surface area (Å²) in [5.74, 6) is 0. The van der Waals surface area contributed by atoms with E-state index in [1.165, 1.54) is 11.3 Å². The molecule has 1 aromatic carbocycles. The third-order valence-corrected chi connectivity index (χ3v) is 5.87. The van der Waals surface area contributed by atoms with E-state index in [9.17, 15) is 0 Å². The summed E-state index contributed by atoms with van der Waals surface area (Å²) in [7, 11) is 2.17. The SMILES string of the molecule is CN1CCC(NN(c2ccccc2)c2cn[nH]c2-c2ccc(C#N)s2)CC1. The smallest absolute Gasteiger partial charge is 0.110 e. The first kappa shape index (κ1) is 17.7. The highest BCUT2D eigenvalue weighted by atomic mass is 32.1. The van der Waals surface area contributed by atoms with E-state index in [0.717, 1.165) is 47.9 Å². The first-order valence-electron chi connectivity index (χ1n) is 9.08. The van der Waals surface area contributed by atoms with Gasteiger partial charge in [0, 0.05) is 6.04 Å². The lowest BCUT2D eigenvalue weighted by atomic mass is 10.1. The summed E-state index contributed by atoms with van der Waals surface area (Å²) in [6.45, 7) is 2.18. The lowest BCUT2D eigenvalue weighted by Gasteiger charge is -2.35. The van der Waals surface area contributed by atoms with Gasteiger partial charge in [-0.25, -0.2) is 5.43 Å². The fraction of sp³-hybridized carbons (Fsp3) is 0.300. The van der Waals surface area contributed by atoms with E-state index in [0.29, 0.717) is 10.9 Å². The summed E-state index contributed by atoms with van der Waals surface area (Å²) in [4.78, 5) is 4.06. The molecule has 0 aliphatic carbocycles. The highest BCUT2D eigenvalue weighted by molar-refractivity contribution is 7.16. The number of nitrogens with zero attached hydrogens (tertiary/aromatic N) is 4. The molecule has 7 heteroatoms. The molecule has 1 fully saturated rings. The molecule has 0 radical (unpaired) electrons. The fourth-order valence-corrected chi connectivity index (χ4v) is 4.15. The Kier molecular flexibility index (Phi) is 5.21. The lowest BCUT2D eigenvalue weighted by Crippen LogP contribution is -2.47. The number of H-pyrrole nitrogens is 1. The second kappa shape index (κ2) is 7.92. The average Bonchev–Trinajstić information content (AvgIpc) is 3.37. The Balaban J connectivity index is 1.67. The van der Waals surface area contributed by atoms with Crippen LogP contribution in [0.25, 0.3) is 10.6 Å². The van der Waals surface area contributed by atoms with Crippen LogP contribution in [-0.4, -0.2) is 41.3 Å². The molecule has 0 bridgehead atoms. The number of nitriles is 1. The van der Waals surface area contributed by atoms with Crippen molar-refractivity contribution in [3.05, 3.63) is 53.5 Å². The minimum absolute atomic E-state index is 0.405. The molecule has 0 atom stereocenters. The molecule has 3 aromatic rings. The minimum atomic E-state index is 0.405. The van der Waals surface area contributed by atoms with Gasteiger partial charge in [0.05, 0.1) is 16.8 Å². The van der Waals surface area contributed by atoms with E-state index in [1.807, 2.05) is 36.5 Å². The zero-order chi connectivity index (χ0) is 18.6. The van der Waals surface area contributed by atoms with Gasteiger partial charge in [0.2, 0.25) is 0 Å². The lowest BCUT2D eigenvalue weighted by molar-refractivity contribution is 0.235. The van der Waals surface area contributed by atoms with Crippen molar-refractivity contribution in [2.45, 2.75) is 18.9 Å². The van der Waals surface area contributed by atoms with E-state index in [4.69, 9.17) is 5.26 Å². The number of para-hydroxylation sites is 1. The number of anilines is 2. The molecule has 1 aliphatic rings. The van der Waals surface area contributed by atoms with Crippen molar-refractivity contribution in [3.63, 3.8) is 0 Å². The number of nitrogens with one attached hydrogen (secondary N) is 2. The second-order valence-electron chi connectivity index (χ2n) is 6.78. The first-order chi connectivity index (χ1) is 13.2. The maximum atomic E-state index is 9.15. The van der Waals surface area contributed by atoms with Crippen LogP contribution >= 0.6 is 11.3 Å². The topological polar surface area (TPSA) is 71.0 Å². The number of piperidine rings is 1. The Labute approximate surface area is 163 Å². The number of aromatic amines is 1. The number of benzene rings is 1. The number of hydrogen-bond donors (Lipinski definition) is 2. The van der Waals surface area contributed by atoms with Crippen LogP contribution in [0.3, 0.4) is 0 Å². The molecule has 27 heavy (non-hydrogen) atoms. The largest absolute Gasteiger partial charge is 0.306 e. The van der Waals surface area contributed by atoms with Gasteiger partial charge in [0.15, 0.2) is 0 Å². The van der Waals surface area contributed by atoms with Crippen LogP contribution in [0.4, 0.5) is 11.4 Å². The molecule has 0 spiro atoms. The van der Waals surface area contributed by atoms with Crippen LogP contribution in [-0.2, 0) is 0 Å². The predicted molar refractivity (Wildman–Crippen MR) is 109 cm³/mol. The summed E-state index contributed by atoms with van der Waals surface area (Å²) in [6, 6.07) is 16.7. The van der Waals surface area contributed by atoms with E-state index >= 15 is 0 Å². The fourth-order valence-electron chi connectivity index (χ4n) is 3.34. The number of thiophene rings is 1. The van der Waals surface area contributed by atoms with Crippen molar-refractivity contribution in [2.24, 2.45) is 0 Å². The number of hydrogen-bond acceptors (Lipinski definition) is 6. The van der Waals surface area contributed by atoms with Crippen molar-refractivity contribution >= 4 is 22.7 Å². The van der Waals surface area contributed by atoms with Gasteiger partial charge < -0.3 is 4.90 Å². The molecule has 138 valence electrons. The van der Waals surface area contributed by atoms with Gasteiger partial charge in [-0.1, -0.05) is 18.2 Å². The van der Waals surface area contributed by atoms with Gasteiger partial charge in [0.1, 0.15) is 22.3 Å². The molecule has 0 amide bonds. The van der Waals surface area contributed by atoms with Crippen LogP contribution in [0.5, 0.6) is 0 Å². The minimum Gasteiger partial charge on any atom is -0.306 e. The van der Waals surface area contributed by atoms with Crippen molar-refractivity contribution in [2.75, 3.05) is 25.1 Å². The predicted octanol–water partition coefficient (Wildman–Crippen LogP) is 3.75. The maximum Gasteiger partial charge on any atom is 0.110 e. The van der Waals surface area contributed by atoms with Crippen molar-refractivity contribution in [1.29, 1.82) is 5.26 Å². The van der Waals surface area contributed by atoms with Crippen LogP contribution in [0.2, 0.25) is 0 Å². The molecule has 2 N–H and O–H groups in total. The van der Waals surface area contributed by atoms with E-state index < -0.39 is 0 Å². The van der Waals surface area contributed by atoms with Gasteiger partial charge in [-0.15, -0.1) is 11.3 Å². The Hall–Kier alpha value is -2.66. The van der Waals surface area contributed by atoms with Gasteiger partial charge in [-0.2, -0.15) is 10.4 Å². The Bertz CT molecular complexity index is 917. The molecular formula is C20H22N6S. The highest BCUT2D eigenvalue weighted by Crippen LogP contribution is 2.36. The van der Waals surface area contributed by atoms with E-state index in [1.54, 1.807) is 0 Å². The quantitative estimate of drug-likeness (QED) is 0.662. The van der Waals surface area contributed by atoms with E-state index in [2.05, 4.69) is 50.8 Å². The van der Waals surface area contributed by atoms with Crippen molar-refractivity contribution < 1.29 is 0 Å². The van der Waals surface area contributed by atoms with E-state index in [-0.39, 0.29) is 0 Å². The Morgan fingerprint density at radius 3 is 2.70 bits per heavy atom. The number of rotatable bonds is 5. The highest BCUT2D eigenvalue weighted by Gasteiger charge is 2.23. The molecule has 1 saturated heterocycles. The zero-order valence-corrected chi connectivity index (χ0v) is 16.0. The van der Waals surface area contributed by atoms with Crippen LogP contribution in [0, 0.1) is 11.3 Å².